The van der Waals surface area contributed by atoms with Crippen LogP contribution >= 0.6 is 11.6 Å². The van der Waals surface area contributed by atoms with Crippen molar-refractivity contribution in [2.24, 2.45) is 0 Å². The number of hydrogen-bond acceptors (Lipinski definition) is 3. The van der Waals surface area contributed by atoms with Gasteiger partial charge in [-0.1, -0.05) is 11.6 Å². The summed E-state index contributed by atoms with van der Waals surface area (Å²) in [5.74, 6) is 1.52. The highest BCUT2D eigenvalue weighted by Crippen LogP contribution is 2.25. The van der Waals surface area contributed by atoms with Crippen LogP contribution < -0.4 is 9.47 Å². The molecule has 0 aliphatic rings. The van der Waals surface area contributed by atoms with E-state index in [9.17, 15) is 0 Å². The van der Waals surface area contributed by atoms with Crippen molar-refractivity contribution in [3.63, 3.8) is 0 Å². The van der Waals surface area contributed by atoms with Crippen LogP contribution in [0.3, 0.4) is 0 Å². The monoisotopic (exact) mass is 252 g/mol. The summed E-state index contributed by atoms with van der Waals surface area (Å²) < 4.78 is 12.2. The van der Waals surface area contributed by atoms with Gasteiger partial charge >= 0.3 is 0 Å². The van der Waals surface area contributed by atoms with Crippen molar-refractivity contribution in [1.29, 1.82) is 0 Å². The molecule has 17 heavy (non-hydrogen) atoms. The molecule has 2 rings (SSSR count). The van der Waals surface area contributed by atoms with Crippen LogP contribution in [0.2, 0.25) is 5.15 Å². The summed E-state index contributed by atoms with van der Waals surface area (Å²) in [5.41, 5.74) is 0.999. The Bertz CT molecular complexity index is 511. The van der Waals surface area contributed by atoms with Crippen LogP contribution in [0.4, 0.5) is 0 Å². The van der Waals surface area contributed by atoms with Crippen molar-refractivity contribution in [2.45, 2.75) is 6.54 Å². The van der Waals surface area contributed by atoms with E-state index >= 15 is 0 Å². The molecule has 1 aromatic carbocycles. The Morgan fingerprint density at radius 1 is 1.24 bits per heavy atom. The SMILES string of the molecule is COc1ccc(Cn2nccc2Cl)c(OC)c1. The summed E-state index contributed by atoms with van der Waals surface area (Å²) in [4.78, 5) is 0. The summed E-state index contributed by atoms with van der Waals surface area (Å²) in [6.45, 7) is 0.568. The van der Waals surface area contributed by atoms with E-state index in [4.69, 9.17) is 21.1 Å². The molecule has 0 saturated heterocycles. The largest absolute Gasteiger partial charge is 0.497 e. The highest BCUT2D eigenvalue weighted by atomic mass is 35.5. The second-order valence-electron chi connectivity index (χ2n) is 3.49. The molecule has 5 heteroatoms. The van der Waals surface area contributed by atoms with Crippen LogP contribution in [0.15, 0.2) is 30.5 Å². The zero-order valence-corrected chi connectivity index (χ0v) is 10.4. The maximum atomic E-state index is 5.98. The van der Waals surface area contributed by atoms with Crippen LogP contribution in [0.1, 0.15) is 5.56 Å². The first-order valence-corrected chi connectivity index (χ1v) is 5.50. The lowest BCUT2D eigenvalue weighted by molar-refractivity contribution is 0.389. The summed E-state index contributed by atoms with van der Waals surface area (Å²) in [5, 5.41) is 4.73. The van der Waals surface area contributed by atoms with Crippen LogP contribution in [-0.2, 0) is 6.54 Å². The van der Waals surface area contributed by atoms with Gasteiger partial charge in [-0.05, 0) is 18.2 Å². The number of ether oxygens (including phenoxy) is 2. The average molecular weight is 253 g/mol. The van der Waals surface area contributed by atoms with E-state index in [1.54, 1.807) is 31.2 Å². The standard InChI is InChI=1S/C12H13ClN2O2/c1-16-10-4-3-9(11(7-10)17-2)8-15-12(13)5-6-14-15/h3-7H,8H2,1-2H3. The first-order chi connectivity index (χ1) is 8.24. The van der Waals surface area contributed by atoms with Crippen LogP contribution in [0.5, 0.6) is 11.5 Å². The lowest BCUT2D eigenvalue weighted by atomic mass is 10.2. The minimum Gasteiger partial charge on any atom is -0.497 e. The lowest BCUT2D eigenvalue weighted by Gasteiger charge is -2.10. The van der Waals surface area contributed by atoms with Gasteiger partial charge in [0.1, 0.15) is 16.7 Å². The molecule has 0 amide bonds. The van der Waals surface area contributed by atoms with Gasteiger partial charge in [0.25, 0.3) is 0 Å². The van der Waals surface area contributed by atoms with Crippen LogP contribution in [-0.4, -0.2) is 24.0 Å². The zero-order valence-electron chi connectivity index (χ0n) is 9.68. The molecule has 90 valence electrons. The normalized spacial score (nSPS) is 10.3. The number of halogens is 1. The molecular weight excluding hydrogens is 240 g/mol. The lowest BCUT2D eigenvalue weighted by Crippen LogP contribution is -2.03. The van der Waals surface area contributed by atoms with Gasteiger partial charge in [0.05, 0.1) is 27.0 Å². The molecule has 0 radical (unpaired) electrons. The Hall–Kier alpha value is -1.68. The van der Waals surface area contributed by atoms with Gasteiger partial charge in [-0.3, -0.25) is 0 Å². The first-order valence-electron chi connectivity index (χ1n) is 5.13. The molecule has 0 bridgehead atoms. The average Bonchev–Trinajstić information content (AvgIpc) is 2.75. The van der Waals surface area contributed by atoms with Crippen LogP contribution in [0, 0.1) is 0 Å². The van der Waals surface area contributed by atoms with Gasteiger partial charge in [0.15, 0.2) is 0 Å². The van der Waals surface area contributed by atoms with E-state index in [-0.39, 0.29) is 0 Å². The number of methoxy groups -OCH3 is 2. The van der Waals surface area contributed by atoms with E-state index in [1.165, 1.54) is 0 Å². The van der Waals surface area contributed by atoms with E-state index in [0.29, 0.717) is 11.7 Å². The van der Waals surface area contributed by atoms with Crippen molar-refractivity contribution < 1.29 is 9.47 Å². The zero-order chi connectivity index (χ0) is 12.3. The van der Waals surface area contributed by atoms with Crippen molar-refractivity contribution >= 4 is 11.6 Å². The van der Waals surface area contributed by atoms with E-state index in [0.717, 1.165) is 17.1 Å². The summed E-state index contributed by atoms with van der Waals surface area (Å²) in [7, 11) is 3.25. The number of nitrogens with zero attached hydrogens (tertiary/aromatic N) is 2. The quantitative estimate of drug-likeness (QED) is 0.839. The Morgan fingerprint density at radius 3 is 2.65 bits per heavy atom. The smallest absolute Gasteiger partial charge is 0.127 e. The summed E-state index contributed by atoms with van der Waals surface area (Å²) >= 11 is 5.98. The molecular formula is C12H13ClN2O2. The van der Waals surface area contributed by atoms with Gasteiger partial charge in [-0.2, -0.15) is 5.10 Å². The molecule has 0 aliphatic carbocycles. The van der Waals surface area contributed by atoms with Crippen molar-refractivity contribution in [3.05, 3.63) is 41.2 Å². The van der Waals surface area contributed by atoms with Gasteiger partial charge < -0.3 is 9.47 Å². The van der Waals surface area contributed by atoms with Gasteiger partial charge in [-0.25, -0.2) is 4.68 Å². The third-order valence-electron chi connectivity index (χ3n) is 2.48. The Morgan fingerprint density at radius 2 is 2.06 bits per heavy atom. The number of benzene rings is 1. The predicted molar refractivity (Wildman–Crippen MR) is 65.9 cm³/mol. The molecule has 2 aromatic rings. The molecule has 0 atom stereocenters. The number of hydrogen-bond donors (Lipinski definition) is 0. The van der Waals surface area contributed by atoms with Crippen molar-refractivity contribution in [2.75, 3.05) is 14.2 Å². The van der Waals surface area contributed by atoms with E-state index in [1.807, 2.05) is 18.2 Å². The van der Waals surface area contributed by atoms with Crippen LogP contribution in [0.25, 0.3) is 0 Å². The maximum absolute atomic E-state index is 5.98. The second kappa shape index (κ2) is 5.10. The molecule has 0 unspecified atom stereocenters. The molecule has 0 fully saturated rings. The fourth-order valence-corrected chi connectivity index (χ4v) is 1.74. The highest BCUT2D eigenvalue weighted by molar-refractivity contribution is 6.29. The molecule has 0 saturated carbocycles. The fourth-order valence-electron chi connectivity index (χ4n) is 1.58. The maximum Gasteiger partial charge on any atom is 0.127 e. The molecule has 0 spiro atoms. The minimum absolute atomic E-state index is 0.568. The third kappa shape index (κ3) is 2.53. The summed E-state index contributed by atoms with van der Waals surface area (Å²) in [6.07, 6.45) is 1.67. The Balaban J connectivity index is 2.29. The van der Waals surface area contributed by atoms with Gasteiger partial charge in [-0.15, -0.1) is 0 Å². The molecule has 4 nitrogen and oxygen atoms in total. The second-order valence-corrected chi connectivity index (χ2v) is 3.88. The van der Waals surface area contributed by atoms with Crippen molar-refractivity contribution in [1.82, 2.24) is 9.78 Å². The minimum atomic E-state index is 0.568. The topological polar surface area (TPSA) is 36.3 Å². The number of rotatable bonds is 4. The molecule has 0 N–H and O–H groups in total. The number of aromatic nitrogens is 2. The highest BCUT2D eigenvalue weighted by Gasteiger charge is 2.07. The van der Waals surface area contributed by atoms with Gasteiger partial charge in [0, 0.05) is 11.6 Å². The van der Waals surface area contributed by atoms with Crippen molar-refractivity contribution in [3.8, 4) is 11.5 Å². The first kappa shape index (κ1) is 11.8. The van der Waals surface area contributed by atoms with E-state index < -0.39 is 0 Å². The van der Waals surface area contributed by atoms with E-state index in [2.05, 4.69) is 5.10 Å². The Labute approximate surface area is 105 Å². The third-order valence-corrected chi connectivity index (χ3v) is 2.80. The predicted octanol–water partition coefficient (Wildman–Crippen LogP) is 2.60. The molecule has 1 aromatic heterocycles. The van der Waals surface area contributed by atoms with Gasteiger partial charge in [0.2, 0.25) is 0 Å². The fraction of sp³-hybridized carbons (Fsp3) is 0.250. The molecule has 0 aliphatic heterocycles. The summed E-state index contributed by atoms with van der Waals surface area (Å²) in [6, 6.07) is 7.41. The molecule has 1 heterocycles. The Kier molecular flexibility index (Phi) is 3.54.